The maximum Gasteiger partial charge on any atom is 0.243 e. The number of ether oxygens (including phenoxy) is 1. The van der Waals surface area contributed by atoms with Gasteiger partial charge in [-0.3, -0.25) is 0 Å². The summed E-state index contributed by atoms with van der Waals surface area (Å²) < 4.78 is 32.6. The van der Waals surface area contributed by atoms with Crippen LogP contribution in [0.4, 0.5) is 0 Å². The fourth-order valence-corrected chi connectivity index (χ4v) is 5.56. The van der Waals surface area contributed by atoms with E-state index in [2.05, 4.69) is 0 Å². The van der Waals surface area contributed by atoms with E-state index in [0.717, 1.165) is 18.4 Å². The molecule has 3 aliphatic rings. The van der Waals surface area contributed by atoms with Crippen molar-refractivity contribution in [1.29, 1.82) is 0 Å². The van der Waals surface area contributed by atoms with Crippen molar-refractivity contribution in [2.45, 2.75) is 55.4 Å². The number of fused-ring (bicyclic) bond motifs is 2. The molecule has 0 amide bonds. The van der Waals surface area contributed by atoms with Crippen LogP contribution >= 0.6 is 0 Å². The van der Waals surface area contributed by atoms with Gasteiger partial charge in [0.25, 0.3) is 0 Å². The van der Waals surface area contributed by atoms with Crippen LogP contribution in [-0.2, 0) is 14.8 Å². The normalized spacial score (nSPS) is 43.3. The third kappa shape index (κ3) is 1.55. The lowest BCUT2D eigenvalue weighted by atomic mass is 9.91. The largest absolute Gasteiger partial charge is 0.369 e. The average Bonchev–Trinajstić information content (AvgIpc) is 3.19. The molecule has 4 nitrogen and oxygen atoms in total. The van der Waals surface area contributed by atoms with Gasteiger partial charge in [0.2, 0.25) is 10.0 Å². The highest BCUT2D eigenvalue weighted by Crippen LogP contribution is 2.58. The van der Waals surface area contributed by atoms with E-state index in [1.807, 2.05) is 26.0 Å². The van der Waals surface area contributed by atoms with Gasteiger partial charge in [0.15, 0.2) is 0 Å². The Morgan fingerprint density at radius 3 is 2.58 bits per heavy atom. The van der Waals surface area contributed by atoms with Crippen molar-refractivity contribution >= 4 is 10.0 Å². The zero-order valence-corrected chi connectivity index (χ0v) is 11.9. The van der Waals surface area contributed by atoms with Crippen LogP contribution in [0.1, 0.15) is 25.3 Å². The minimum atomic E-state index is -3.35. The number of epoxide rings is 1. The zero-order valence-electron chi connectivity index (χ0n) is 11.0. The molecule has 0 bridgehead atoms. The van der Waals surface area contributed by atoms with E-state index in [1.165, 1.54) is 0 Å². The molecule has 1 aromatic rings. The predicted molar refractivity (Wildman–Crippen MR) is 70.3 cm³/mol. The highest BCUT2D eigenvalue weighted by Gasteiger charge is 2.72. The second-order valence-corrected chi connectivity index (χ2v) is 7.95. The SMILES string of the molecule is Cc1ccc(S(=O)(=O)N2[C@H]3C[C@@H]4O[C@@H]4C[C@]32C)cc1. The molecule has 102 valence electrons. The monoisotopic (exact) mass is 279 g/mol. The molecule has 1 saturated carbocycles. The van der Waals surface area contributed by atoms with Gasteiger partial charge in [0, 0.05) is 6.04 Å². The number of aryl methyl sites for hydroxylation is 1. The lowest BCUT2D eigenvalue weighted by molar-refractivity contribution is 0.346. The van der Waals surface area contributed by atoms with E-state index >= 15 is 0 Å². The molecule has 5 atom stereocenters. The van der Waals surface area contributed by atoms with Gasteiger partial charge in [0.1, 0.15) is 0 Å². The Bertz CT molecular complexity index is 639. The van der Waals surface area contributed by atoms with Crippen LogP contribution in [0.15, 0.2) is 29.2 Å². The van der Waals surface area contributed by atoms with E-state index in [-0.39, 0.29) is 11.6 Å². The first-order chi connectivity index (χ1) is 8.93. The van der Waals surface area contributed by atoms with Crippen molar-refractivity contribution in [2.75, 3.05) is 0 Å². The molecule has 0 spiro atoms. The minimum Gasteiger partial charge on any atom is -0.369 e. The lowest BCUT2D eigenvalue weighted by Gasteiger charge is -2.12. The van der Waals surface area contributed by atoms with Crippen LogP contribution < -0.4 is 0 Å². The van der Waals surface area contributed by atoms with Gasteiger partial charge >= 0.3 is 0 Å². The second kappa shape index (κ2) is 3.40. The smallest absolute Gasteiger partial charge is 0.243 e. The second-order valence-electron chi connectivity index (χ2n) is 6.14. The maximum atomic E-state index is 12.7. The fraction of sp³-hybridized carbons (Fsp3) is 0.571. The topological polar surface area (TPSA) is 49.7 Å². The summed E-state index contributed by atoms with van der Waals surface area (Å²) >= 11 is 0. The Morgan fingerprint density at radius 1 is 1.26 bits per heavy atom. The summed E-state index contributed by atoms with van der Waals surface area (Å²) in [4.78, 5) is 0.406. The first kappa shape index (κ1) is 11.9. The molecule has 1 unspecified atom stereocenters. The molecule has 0 radical (unpaired) electrons. The van der Waals surface area contributed by atoms with Crippen molar-refractivity contribution in [2.24, 2.45) is 0 Å². The fourth-order valence-electron chi connectivity index (χ4n) is 3.50. The molecule has 3 fully saturated rings. The molecule has 19 heavy (non-hydrogen) atoms. The highest BCUT2D eigenvalue weighted by molar-refractivity contribution is 7.89. The molecule has 0 aromatic heterocycles. The van der Waals surface area contributed by atoms with Gasteiger partial charge < -0.3 is 4.74 Å². The third-order valence-corrected chi connectivity index (χ3v) is 6.83. The van der Waals surface area contributed by atoms with Gasteiger partial charge in [-0.25, -0.2) is 8.42 Å². The van der Waals surface area contributed by atoms with Gasteiger partial charge in [-0.15, -0.1) is 0 Å². The summed E-state index contributed by atoms with van der Waals surface area (Å²) in [7, 11) is -3.35. The van der Waals surface area contributed by atoms with Crippen molar-refractivity contribution < 1.29 is 13.2 Å². The highest BCUT2D eigenvalue weighted by atomic mass is 32.2. The first-order valence-corrected chi connectivity index (χ1v) is 8.13. The molecule has 5 heteroatoms. The quantitative estimate of drug-likeness (QED) is 0.774. The summed E-state index contributed by atoms with van der Waals surface area (Å²) in [6, 6.07) is 7.24. The Kier molecular flexibility index (Phi) is 2.12. The number of nitrogens with zero attached hydrogens (tertiary/aromatic N) is 1. The first-order valence-electron chi connectivity index (χ1n) is 6.69. The Hall–Kier alpha value is -0.910. The molecule has 2 saturated heterocycles. The number of benzene rings is 1. The summed E-state index contributed by atoms with van der Waals surface area (Å²) in [5, 5.41) is 0. The molecular formula is C14H17NO3S. The molecule has 1 aromatic carbocycles. The molecule has 2 heterocycles. The van der Waals surface area contributed by atoms with Crippen LogP contribution in [0.25, 0.3) is 0 Å². The van der Waals surface area contributed by atoms with Crippen LogP contribution in [-0.4, -0.2) is 36.5 Å². The van der Waals surface area contributed by atoms with E-state index in [1.54, 1.807) is 16.4 Å². The number of hydrogen-bond donors (Lipinski definition) is 0. The van der Waals surface area contributed by atoms with E-state index in [4.69, 9.17) is 4.74 Å². The standard InChI is InChI=1S/C14H17NO3S/c1-9-3-5-10(6-4-9)19(16,17)15-13-7-11-12(18-11)8-14(13,15)2/h3-6,11-13H,7-8H2,1-2H3/t11-,12+,13-,14+,15?/m0/s1. The summed E-state index contributed by atoms with van der Waals surface area (Å²) in [5.41, 5.74) is 0.851. The number of sulfonamides is 1. The van der Waals surface area contributed by atoms with Crippen LogP contribution in [0, 0.1) is 6.92 Å². The van der Waals surface area contributed by atoms with Gasteiger partial charge in [-0.05, 0) is 38.8 Å². The molecule has 4 rings (SSSR count). The Labute approximate surface area is 113 Å². The van der Waals surface area contributed by atoms with E-state index in [9.17, 15) is 8.42 Å². The summed E-state index contributed by atoms with van der Waals surface area (Å²) in [6.45, 7) is 4.00. The lowest BCUT2D eigenvalue weighted by Crippen LogP contribution is -2.24. The molecule has 1 aliphatic carbocycles. The third-order valence-electron chi connectivity index (χ3n) is 4.77. The van der Waals surface area contributed by atoms with Gasteiger partial charge in [-0.2, -0.15) is 4.31 Å². The summed E-state index contributed by atoms with van der Waals surface area (Å²) in [5.74, 6) is 0. The van der Waals surface area contributed by atoms with Crippen molar-refractivity contribution in [1.82, 2.24) is 4.31 Å². The van der Waals surface area contributed by atoms with Crippen molar-refractivity contribution in [3.8, 4) is 0 Å². The average molecular weight is 279 g/mol. The Morgan fingerprint density at radius 2 is 1.95 bits per heavy atom. The van der Waals surface area contributed by atoms with Gasteiger partial charge in [0.05, 0.1) is 22.6 Å². The van der Waals surface area contributed by atoms with Crippen molar-refractivity contribution in [3.63, 3.8) is 0 Å². The van der Waals surface area contributed by atoms with Crippen LogP contribution in [0.3, 0.4) is 0 Å². The van der Waals surface area contributed by atoms with E-state index in [0.29, 0.717) is 17.1 Å². The van der Waals surface area contributed by atoms with Crippen LogP contribution in [0.2, 0.25) is 0 Å². The molecular weight excluding hydrogens is 262 g/mol. The number of hydrogen-bond acceptors (Lipinski definition) is 3. The molecule has 2 aliphatic heterocycles. The maximum absolute atomic E-state index is 12.7. The summed E-state index contributed by atoms with van der Waals surface area (Å²) in [6.07, 6.45) is 2.29. The van der Waals surface area contributed by atoms with Crippen molar-refractivity contribution in [3.05, 3.63) is 29.8 Å². The number of rotatable bonds is 2. The Balaban J connectivity index is 1.68. The van der Waals surface area contributed by atoms with E-state index < -0.39 is 10.0 Å². The predicted octanol–water partition coefficient (Wildman–Crippen LogP) is 1.69. The van der Waals surface area contributed by atoms with Gasteiger partial charge in [-0.1, -0.05) is 17.7 Å². The van der Waals surface area contributed by atoms with Crippen LogP contribution in [0.5, 0.6) is 0 Å². The molecule has 0 N–H and O–H groups in total. The zero-order chi connectivity index (χ0) is 13.4. The minimum absolute atomic E-state index is 0.127.